The van der Waals surface area contributed by atoms with E-state index in [-0.39, 0.29) is 10.6 Å². The number of benzene rings is 2. The highest BCUT2D eigenvalue weighted by Crippen LogP contribution is 2.33. The van der Waals surface area contributed by atoms with E-state index in [0.717, 1.165) is 10.5 Å². The van der Waals surface area contributed by atoms with Gasteiger partial charge >= 0.3 is 0 Å². The van der Waals surface area contributed by atoms with Crippen molar-refractivity contribution in [2.24, 2.45) is 0 Å². The zero-order valence-corrected chi connectivity index (χ0v) is 13.1. The van der Waals surface area contributed by atoms with Gasteiger partial charge in [-0.05, 0) is 30.7 Å². The summed E-state index contributed by atoms with van der Waals surface area (Å²) in [4.78, 5) is 11.8. The monoisotopic (exact) mass is 322 g/mol. The molecular weight excluding hydrogens is 308 g/mol. The van der Waals surface area contributed by atoms with E-state index in [9.17, 15) is 10.1 Å². The van der Waals surface area contributed by atoms with Crippen LogP contribution in [0.1, 0.15) is 12.5 Å². The van der Waals surface area contributed by atoms with Crippen LogP contribution in [0.4, 0.5) is 11.4 Å². The lowest BCUT2D eigenvalue weighted by atomic mass is 10.1. The van der Waals surface area contributed by atoms with Gasteiger partial charge in [0.05, 0.1) is 4.92 Å². The van der Waals surface area contributed by atoms with Gasteiger partial charge in [0.25, 0.3) is 5.69 Å². The number of halogens is 1. The van der Waals surface area contributed by atoms with Crippen molar-refractivity contribution in [3.05, 3.63) is 63.2 Å². The smallest absolute Gasteiger partial charge is 0.292 e. The molecule has 0 aliphatic heterocycles. The molecule has 21 heavy (non-hydrogen) atoms. The van der Waals surface area contributed by atoms with Gasteiger partial charge in [-0.3, -0.25) is 10.1 Å². The predicted molar refractivity (Wildman–Crippen MR) is 88.3 cm³/mol. The zero-order chi connectivity index (χ0) is 15.2. The second kappa shape index (κ2) is 7.33. The maximum absolute atomic E-state index is 11.1. The first-order chi connectivity index (χ1) is 10.1. The molecule has 0 bridgehead atoms. The van der Waals surface area contributed by atoms with Gasteiger partial charge < -0.3 is 5.32 Å². The molecule has 0 fully saturated rings. The minimum atomic E-state index is -0.356. The van der Waals surface area contributed by atoms with Gasteiger partial charge in [0.2, 0.25) is 0 Å². The SMILES string of the molecule is CCNc1c(CSc2cccc(Cl)c2)cccc1[N+](=O)[O-]. The average molecular weight is 323 g/mol. The topological polar surface area (TPSA) is 55.2 Å². The fourth-order valence-corrected chi connectivity index (χ4v) is 3.16. The van der Waals surface area contributed by atoms with Gasteiger partial charge in [-0.15, -0.1) is 11.8 Å². The van der Waals surface area contributed by atoms with Crippen LogP contribution in [-0.4, -0.2) is 11.5 Å². The lowest BCUT2D eigenvalue weighted by Gasteiger charge is -2.11. The van der Waals surface area contributed by atoms with E-state index in [1.54, 1.807) is 17.8 Å². The van der Waals surface area contributed by atoms with Crippen LogP contribution in [0.3, 0.4) is 0 Å². The highest BCUT2D eigenvalue weighted by atomic mass is 35.5. The fourth-order valence-electron chi connectivity index (χ4n) is 1.96. The minimum Gasteiger partial charge on any atom is -0.380 e. The number of anilines is 1. The van der Waals surface area contributed by atoms with E-state index >= 15 is 0 Å². The number of nitrogens with one attached hydrogen (secondary N) is 1. The van der Waals surface area contributed by atoms with Crippen LogP contribution < -0.4 is 5.32 Å². The molecule has 1 N–H and O–H groups in total. The minimum absolute atomic E-state index is 0.112. The van der Waals surface area contributed by atoms with Crippen LogP contribution in [0.15, 0.2) is 47.4 Å². The van der Waals surface area contributed by atoms with Gasteiger partial charge in [0.1, 0.15) is 5.69 Å². The Morgan fingerprint density at radius 2 is 2.05 bits per heavy atom. The summed E-state index contributed by atoms with van der Waals surface area (Å²) in [6.07, 6.45) is 0. The van der Waals surface area contributed by atoms with Gasteiger partial charge in [-0.25, -0.2) is 0 Å². The highest BCUT2D eigenvalue weighted by molar-refractivity contribution is 7.98. The normalized spacial score (nSPS) is 10.4. The molecule has 110 valence electrons. The summed E-state index contributed by atoms with van der Waals surface area (Å²) < 4.78 is 0. The van der Waals surface area contributed by atoms with Gasteiger partial charge in [-0.1, -0.05) is 29.8 Å². The Kier molecular flexibility index (Phi) is 5.47. The summed E-state index contributed by atoms with van der Waals surface area (Å²) in [5.74, 6) is 0.643. The number of thioether (sulfide) groups is 1. The van der Waals surface area contributed by atoms with Crippen molar-refractivity contribution in [1.82, 2.24) is 0 Å². The van der Waals surface area contributed by atoms with Crippen LogP contribution in [0.2, 0.25) is 5.02 Å². The van der Waals surface area contributed by atoms with E-state index in [0.29, 0.717) is 23.0 Å². The lowest BCUT2D eigenvalue weighted by molar-refractivity contribution is -0.384. The van der Waals surface area contributed by atoms with Crippen LogP contribution in [0, 0.1) is 10.1 Å². The molecule has 0 aromatic heterocycles. The summed E-state index contributed by atoms with van der Waals surface area (Å²) >= 11 is 7.56. The van der Waals surface area contributed by atoms with Crippen LogP contribution in [0.5, 0.6) is 0 Å². The summed E-state index contributed by atoms with van der Waals surface area (Å²) in [6.45, 7) is 2.56. The molecule has 4 nitrogen and oxygen atoms in total. The van der Waals surface area contributed by atoms with E-state index in [2.05, 4.69) is 5.32 Å². The molecule has 0 spiro atoms. The van der Waals surface area contributed by atoms with Crippen molar-refractivity contribution >= 4 is 34.7 Å². The molecule has 0 aliphatic carbocycles. The second-order valence-corrected chi connectivity index (χ2v) is 5.83. The Bertz CT molecular complexity index is 649. The molecule has 2 aromatic rings. The van der Waals surface area contributed by atoms with Crippen molar-refractivity contribution in [3.63, 3.8) is 0 Å². The summed E-state index contributed by atoms with van der Waals surface area (Å²) in [7, 11) is 0. The van der Waals surface area contributed by atoms with E-state index in [1.807, 2.05) is 37.3 Å². The number of nitro groups is 1. The first-order valence-corrected chi connectivity index (χ1v) is 7.86. The Morgan fingerprint density at radius 3 is 2.71 bits per heavy atom. The lowest BCUT2D eigenvalue weighted by Crippen LogP contribution is -2.04. The van der Waals surface area contributed by atoms with Crippen LogP contribution in [-0.2, 0) is 5.75 Å². The zero-order valence-electron chi connectivity index (χ0n) is 11.5. The van der Waals surface area contributed by atoms with Crippen LogP contribution in [0.25, 0.3) is 0 Å². The summed E-state index contributed by atoms with van der Waals surface area (Å²) in [5, 5.41) is 14.9. The summed E-state index contributed by atoms with van der Waals surface area (Å²) in [5.41, 5.74) is 1.62. The Labute approximate surface area is 132 Å². The molecule has 0 radical (unpaired) electrons. The van der Waals surface area contributed by atoms with Crippen molar-refractivity contribution in [1.29, 1.82) is 0 Å². The standard InChI is InChI=1S/C15H15ClN2O2S/c1-2-17-15-11(5-3-8-14(15)18(19)20)10-21-13-7-4-6-12(16)9-13/h3-9,17H,2,10H2,1H3. The van der Waals surface area contributed by atoms with Crippen molar-refractivity contribution in [3.8, 4) is 0 Å². The molecule has 2 aromatic carbocycles. The maximum atomic E-state index is 11.1. The molecule has 0 atom stereocenters. The third-order valence-corrected chi connectivity index (χ3v) is 4.15. The first-order valence-electron chi connectivity index (χ1n) is 6.50. The van der Waals surface area contributed by atoms with E-state index < -0.39 is 0 Å². The van der Waals surface area contributed by atoms with Crippen molar-refractivity contribution in [2.75, 3.05) is 11.9 Å². The molecule has 0 aliphatic rings. The Morgan fingerprint density at radius 1 is 1.29 bits per heavy atom. The number of nitro benzene ring substituents is 1. The summed E-state index contributed by atoms with van der Waals surface area (Å²) in [6, 6.07) is 12.7. The van der Waals surface area contributed by atoms with Gasteiger partial charge in [0.15, 0.2) is 0 Å². The number of para-hydroxylation sites is 1. The Balaban J connectivity index is 2.23. The number of hydrogen-bond donors (Lipinski definition) is 1. The number of nitrogens with zero attached hydrogens (tertiary/aromatic N) is 1. The van der Waals surface area contributed by atoms with Crippen LogP contribution >= 0.6 is 23.4 Å². The van der Waals surface area contributed by atoms with E-state index in [4.69, 9.17) is 11.6 Å². The maximum Gasteiger partial charge on any atom is 0.292 e. The molecule has 0 saturated carbocycles. The highest BCUT2D eigenvalue weighted by Gasteiger charge is 2.16. The second-order valence-electron chi connectivity index (χ2n) is 4.34. The molecule has 0 amide bonds. The molecule has 6 heteroatoms. The molecule has 2 rings (SSSR count). The molecule has 0 saturated heterocycles. The Hall–Kier alpha value is -1.72. The average Bonchev–Trinajstić information content (AvgIpc) is 2.46. The van der Waals surface area contributed by atoms with Gasteiger partial charge in [0, 0.05) is 28.3 Å². The van der Waals surface area contributed by atoms with Gasteiger partial charge in [-0.2, -0.15) is 0 Å². The number of hydrogen-bond acceptors (Lipinski definition) is 4. The quantitative estimate of drug-likeness (QED) is 0.463. The van der Waals surface area contributed by atoms with Crippen molar-refractivity contribution in [2.45, 2.75) is 17.6 Å². The molecule has 0 heterocycles. The third kappa shape index (κ3) is 4.12. The number of rotatable bonds is 6. The fraction of sp³-hybridized carbons (Fsp3) is 0.200. The van der Waals surface area contributed by atoms with E-state index in [1.165, 1.54) is 6.07 Å². The third-order valence-electron chi connectivity index (χ3n) is 2.87. The van der Waals surface area contributed by atoms with Crippen molar-refractivity contribution < 1.29 is 4.92 Å². The predicted octanol–water partition coefficient (Wildman–Crippen LogP) is 4.97. The molecular formula is C15H15ClN2O2S. The molecule has 0 unspecified atom stereocenters. The first kappa shape index (κ1) is 15.7. The largest absolute Gasteiger partial charge is 0.380 e.